The summed E-state index contributed by atoms with van der Waals surface area (Å²) in [4.78, 5) is 14.2. The van der Waals surface area contributed by atoms with Crippen molar-refractivity contribution in [1.82, 2.24) is 4.90 Å². The van der Waals surface area contributed by atoms with Crippen molar-refractivity contribution < 1.29 is 9.53 Å². The van der Waals surface area contributed by atoms with Crippen LogP contribution in [0.5, 0.6) is 0 Å². The molecule has 1 atom stereocenters. The van der Waals surface area contributed by atoms with Crippen molar-refractivity contribution in [3.05, 3.63) is 0 Å². The zero-order valence-electron chi connectivity index (χ0n) is 13.2. The molecule has 0 aromatic heterocycles. The maximum absolute atomic E-state index is 12.3. The molecule has 1 aliphatic rings. The smallest absolute Gasteiger partial charge is 0.410 e. The molecule has 1 aliphatic heterocycles. The van der Waals surface area contributed by atoms with Crippen LogP contribution >= 0.6 is 0 Å². The van der Waals surface area contributed by atoms with E-state index in [1.165, 1.54) is 6.42 Å². The van der Waals surface area contributed by atoms with Crippen molar-refractivity contribution in [2.45, 2.75) is 71.9 Å². The summed E-state index contributed by atoms with van der Waals surface area (Å²) in [6, 6.07) is 0.266. The number of nitrogens with zero attached hydrogens (tertiary/aromatic N) is 1. The zero-order chi connectivity index (χ0) is 14.7. The predicted molar refractivity (Wildman–Crippen MR) is 78.0 cm³/mol. The van der Waals surface area contributed by atoms with Crippen LogP contribution in [-0.4, -0.2) is 35.7 Å². The molecular weight excluding hydrogens is 240 g/mol. The van der Waals surface area contributed by atoms with E-state index in [-0.39, 0.29) is 17.6 Å². The summed E-state index contributed by atoms with van der Waals surface area (Å²) < 4.78 is 5.51. The number of nitrogens with two attached hydrogens (primary N) is 1. The summed E-state index contributed by atoms with van der Waals surface area (Å²) in [5.74, 6) is 0. The molecule has 1 amide bonds. The van der Waals surface area contributed by atoms with Crippen molar-refractivity contribution in [3.63, 3.8) is 0 Å². The van der Waals surface area contributed by atoms with Crippen LogP contribution < -0.4 is 5.73 Å². The maximum Gasteiger partial charge on any atom is 0.410 e. The van der Waals surface area contributed by atoms with E-state index in [0.29, 0.717) is 6.54 Å². The van der Waals surface area contributed by atoms with Gasteiger partial charge in [0.1, 0.15) is 5.60 Å². The Hall–Kier alpha value is -0.770. The van der Waals surface area contributed by atoms with Gasteiger partial charge in [0.25, 0.3) is 0 Å². The lowest BCUT2D eigenvalue weighted by Crippen LogP contribution is -2.48. The number of piperidine rings is 1. The van der Waals surface area contributed by atoms with Gasteiger partial charge in [0.2, 0.25) is 0 Å². The molecule has 0 aromatic rings. The van der Waals surface area contributed by atoms with E-state index in [1.54, 1.807) is 0 Å². The Labute approximate surface area is 117 Å². The summed E-state index contributed by atoms with van der Waals surface area (Å²) in [5, 5.41) is 0. The summed E-state index contributed by atoms with van der Waals surface area (Å²) >= 11 is 0. The first kappa shape index (κ1) is 16.3. The maximum atomic E-state index is 12.3. The molecule has 1 unspecified atom stereocenters. The van der Waals surface area contributed by atoms with Crippen molar-refractivity contribution >= 4 is 6.09 Å². The van der Waals surface area contributed by atoms with Gasteiger partial charge < -0.3 is 15.4 Å². The number of amides is 1. The molecule has 19 heavy (non-hydrogen) atoms. The topological polar surface area (TPSA) is 55.6 Å². The number of rotatable bonds is 3. The first-order valence-corrected chi connectivity index (χ1v) is 7.34. The average molecular weight is 270 g/mol. The lowest BCUT2D eigenvalue weighted by Gasteiger charge is -2.40. The van der Waals surface area contributed by atoms with Gasteiger partial charge in [-0.3, -0.25) is 0 Å². The number of carbonyl (C=O) groups excluding carboxylic acids is 1. The fourth-order valence-electron chi connectivity index (χ4n) is 2.49. The van der Waals surface area contributed by atoms with E-state index in [1.807, 2.05) is 25.7 Å². The van der Waals surface area contributed by atoms with E-state index >= 15 is 0 Å². The minimum atomic E-state index is -0.428. The molecule has 1 rings (SSSR count). The molecule has 0 spiro atoms. The van der Waals surface area contributed by atoms with Gasteiger partial charge in [0, 0.05) is 12.6 Å². The highest BCUT2D eigenvalue weighted by Gasteiger charge is 2.33. The second kappa shape index (κ2) is 6.12. The quantitative estimate of drug-likeness (QED) is 0.857. The van der Waals surface area contributed by atoms with Crippen LogP contribution in [0.15, 0.2) is 0 Å². The number of ether oxygens (including phenoxy) is 1. The molecule has 2 N–H and O–H groups in total. The van der Waals surface area contributed by atoms with Gasteiger partial charge in [-0.25, -0.2) is 4.79 Å². The Balaban J connectivity index is 2.70. The Morgan fingerprint density at radius 1 is 1.26 bits per heavy atom. The molecule has 0 bridgehead atoms. The SMILES string of the molecule is CC(C)(CN)CC1CCCCN1C(=O)OC(C)(C)C. The van der Waals surface area contributed by atoms with Gasteiger partial charge in [-0.2, -0.15) is 0 Å². The van der Waals surface area contributed by atoms with Crippen LogP contribution in [0.25, 0.3) is 0 Å². The Kier molecular flexibility index (Phi) is 5.25. The van der Waals surface area contributed by atoms with Crippen LogP contribution in [0.2, 0.25) is 0 Å². The van der Waals surface area contributed by atoms with E-state index in [9.17, 15) is 4.79 Å². The van der Waals surface area contributed by atoms with Crippen LogP contribution in [0, 0.1) is 5.41 Å². The van der Waals surface area contributed by atoms with Gasteiger partial charge in [0.15, 0.2) is 0 Å². The highest BCUT2D eigenvalue weighted by molar-refractivity contribution is 5.68. The summed E-state index contributed by atoms with van der Waals surface area (Å²) in [7, 11) is 0. The molecule has 4 heteroatoms. The molecule has 1 saturated heterocycles. The van der Waals surface area contributed by atoms with Crippen LogP contribution in [0.1, 0.15) is 60.3 Å². The second-order valence-corrected chi connectivity index (χ2v) is 7.40. The average Bonchev–Trinajstić information content (AvgIpc) is 2.27. The monoisotopic (exact) mass is 270 g/mol. The first-order valence-electron chi connectivity index (χ1n) is 7.34. The lowest BCUT2D eigenvalue weighted by molar-refractivity contribution is 0.00456. The van der Waals surface area contributed by atoms with Gasteiger partial charge in [-0.15, -0.1) is 0 Å². The largest absolute Gasteiger partial charge is 0.444 e. The molecule has 1 heterocycles. The normalized spacial score (nSPS) is 21.4. The van der Waals surface area contributed by atoms with Gasteiger partial charge in [0.05, 0.1) is 0 Å². The minimum Gasteiger partial charge on any atom is -0.444 e. The molecule has 1 fully saturated rings. The number of hydrogen-bond acceptors (Lipinski definition) is 3. The molecule has 4 nitrogen and oxygen atoms in total. The van der Waals surface area contributed by atoms with Crippen molar-refractivity contribution in [3.8, 4) is 0 Å². The van der Waals surface area contributed by atoms with Gasteiger partial charge >= 0.3 is 6.09 Å². The summed E-state index contributed by atoms with van der Waals surface area (Å²) in [6.07, 6.45) is 4.08. The molecule has 0 saturated carbocycles. The standard InChI is InChI=1S/C15H30N2O2/c1-14(2,3)19-13(18)17-9-7-6-8-12(17)10-15(4,5)11-16/h12H,6-11,16H2,1-5H3. The van der Waals surface area contributed by atoms with E-state index in [2.05, 4.69) is 13.8 Å². The molecule has 0 aromatic carbocycles. The third kappa shape index (κ3) is 5.39. The van der Waals surface area contributed by atoms with Crippen molar-refractivity contribution in [2.75, 3.05) is 13.1 Å². The molecule has 0 radical (unpaired) electrons. The van der Waals surface area contributed by atoms with E-state index in [0.717, 1.165) is 25.8 Å². The minimum absolute atomic E-state index is 0.0717. The van der Waals surface area contributed by atoms with Crippen molar-refractivity contribution in [1.29, 1.82) is 0 Å². The Morgan fingerprint density at radius 3 is 2.42 bits per heavy atom. The lowest BCUT2D eigenvalue weighted by atomic mass is 9.82. The highest BCUT2D eigenvalue weighted by Crippen LogP contribution is 2.30. The van der Waals surface area contributed by atoms with Gasteiger partial charge in [-0.05, 0) is 58.4 Å². The Bertz CT molecular complexity index is 308. The predicted octanol–water partition coefficient (Wildman–Crippen LogP) is 3.15. The van der Waals surface area contributed by atoms with Gasteiger partial charge in [-0.1, -0.05) is 13.8 Å². The fourth-order valence-corrected chi connectivity index (χ4v) is 2.49. The fraction of sp³-hybridized carbons (Fsp3) is 0.933. The molecule has 112 valence electrons. The second-order valence-electron chi connectivity index (χ2n) is 7.40. The summed E-state index contributed by atoms with van der Waals surface area (Å²) in [6.45, 7) is 11.5. The van der Waals surface area contributed by atoms with Crippen LogP contribution in [-0.2, 0) is 4.74 Å². The third-order valence-electron chi connectivity index (χ3n) is 3.60. The van der Waals surface area contributed by atoms with Crippen LogP contribution in [0.4, 0.5) is 4.79 Å². The third-order valence-corrected chi connectivity index (χ3v) is 3.60. The van der Waals surface area contributed by atoms with E-state index in [4.69, 9.17) is 10.5 Å². The number of hydrogen-bond donors (Lipinski definition) is 1. The number of likely N-dealkylation sites (tertiary alicyclic amines) is 1. The first-order chi connectivity index (χ1) is 8.64. The van der Waals surface area contributed by atoms with Crippen molar-refractivity contribution in [2.24, 2.45) is 11.1 Å². The number of carbonyl (C=O) groups is 1. The van der Waals surface area contributed by atoms with E-state index < -0.39 is 5.60 Å². The highest BCUT2D eigenvalue weighted by atomic mass is 16.6. The Morgan fingerprint density at radius 2 is 1.89 bits per heavy atom. The summed E-state index contributed by atoms with van der Waals surface area (Å²) in [5.41, 5.74) is 5.46. The zero-order valence-corrected chi connectivity index (χ0v) is 13.2. The molecule has 0 aliphatic carbocycles. The van der Waals surface area contributed by atoms with Crippen LogP contribution in [0.3, 0.4) is 0 Å². The molecular formula is C15H30N2O2.